The van der Waals surface area contributed by atoms with E-state index < -0.39 is 27.9 Å². The fraction of sp³-hybridized carbons (Fsp3) is 0.294. The lowest BCUT2D eigenvalue weighted by molar-refractivity contribution is -0.157. The maximum Gasteiger partial charge on any atom is 0.351 e. The summed E-state index contributed by atoms with van der Waals surface area (Å²) in [6.45, 7) is -0.253. The summed E-state index contributed by atoms with van der Waals surface area (Å²) < 4.78 is 48.5. The highest BCUT2D eigenvalue weighted by atomic mass is 32.2. The fourth-order valence-electron chi connectivity index (χ4n) is 2.33. The highest BCUT2D eigenvalue weighted by Gasteiger charge is 2.31. The van der Waals surface area contributed by atoms with Crippen molar-refractivity contribution in [3.63, 3.8) is 0 Å². The number of oxime groups is 1. The van der Waals surface area contributed by atoms with Gasteiger partial charge in [-0.2, -0.15) is 0 Å². The molecule has 1 aromatic carbocycles. The molecule has 1 aliphatic heterocycles. The number of hydrogen-bond donors (Lipinski definition) is 0. The second kappa shape index (κ2) is 7.49. The van der Waals surface area contributed by atoms with Crippen molar-refractivity contribution < 1.29 is 31.6 Å². The molecule has 0 saturated carbocycles. The van der Waals surface area contributed by atoms with Crippen LogP contribution in [0.1, 0.15) is 17.7 Å². The van der Waals surface area contributed by atoms with Gasteiger partial charge in [0.15, 0.2) is 0 Å². The molecule has 27 heavy (non-hydrogen) atoms. The molecule has 1 aromatic heterocycles. The number of carbonyl (C=O) groups is 1. The molecule has 0 N–H and O–H groups in total. The van der Waals surface area contributed by atoms with Crippen molar-refractivity contribution in [3.8, 4) is 0 Å². The molecule has 2 aromatic rings. The molecular formula is C17H17FN2O6S. The Labute approximate surface area is 155 Å². The topological polar surface area (TPSA) is 98.4 Å². The molecule has 1 aliphatic rings. The van der Waals surface area contributed by atoms with Crippen molar-refractivity contribution in [2.45, 2.75) is 24.2 Å². The molecule has 0 fully saturated rings. The lowest BCUT2D eigenvalue weighted by Gasteiger charge is -2.09. The van der Waals surface area contributed by atoms with Gasteiger partial charge in [0, 0.05) is 26.1 Å². The van der Waals surface area contributed by atoms with Crippen LogP contribution in [0.5, 0.6) is 0 Å². The number of carbonyl (C=O) groups excluding carboxylic acids is 1. The second-order valence-corrected chi connectivity index (χ2v) is 8.05. The second-order valence-electron chi connectivity index (χ2n) is 5.96. The maximum absolute atomic E-state index is 13.3. The van der Waals surface area contributed by atoms with Gasteiger partial charge in [0.25, 0.3) is 10.0 Å². The van der Waals surface area contributed by atoms with Gasteiger partial charge in [-0.1, -0.05) is 17.3 Å². The Hall–Kier alpha value is -2.72. The smallest absolute Gasteiger partial charge is 0.351 e. The van der Waals surface area contributed by atoms with Gasteiger partial charge in [-0.25, -0.2) is 21.9 Å². The van der Waals surface area contributed by atoms with Crippen molar-refractivity contribution >= 4 is 21.7 Å². The van der Waals surface area contributed by atoms with Gasteiger partial charge in [0.05, 0.1) is 5.71 Å². The van der Waals surface area contributed by atoms with Crippen molar-refractivity contribution in [3.05, 3.63) is 53.5 Å². The third kappa shape index (κ3) is 4.17. The molecule has 0 saturated heterocycles. The number of hydrogen-bond acceptors (Lipinski definition) is 7. The molecular weight excluding hydrogens is 379 g/mol. The Kier molecular flexibility index (Phi) is 5.29. The Morgan fingerprint density at radius 3 is 2.81 bits per heavy atom. The van der Waals surface area contributed by atoms with E-state index in [2.05, 4.69) is 5.16 Å². The largest absolute Gasteiger partial charge is 0.455 e. The van der Waals surface area contributed by atoms with Crippen molar-refractivity contribution in [1.82, 2.24) is 4.31 Å². The minimum Gasteiger partial charge on any atom is -0.455 e. The maximum atomic E-state index is 13.3. The van der Waals surface area contributed by atoms with E-state index in [0.29, 0.717) is 11.3 Å². The molecule has 0 bridgehead atoms. The van der Waals surface area contributed by atoms with Crippen LogP contribution < -0.4 is 0 Å². The minimum atomic E-state index is -3.70. The number of sulfonamides is 1. The highest BCUT2D eigenvalue weighted by molar-refractivity contribution is 7.88. The molecule has 0 spiro atoms. The predicted molar refractivity (Wildman–Crippen MR) is 91.8 cm³/mol. The molecule has 3 rings (SSSR count). The zero-order valence-corrected chi connectivity index (χ0v) is 15.4. The van der Waals surface area contributed by atoms with Gasteiger partial charge in [-0.3, -0.25) is 0 Å². The Bertz CT molecular complexity index is 983. The van der Waals surface area contributed by atoms with Crippen LogP contribution in [-0.4, -0.2) is 44.6 Å². The lowest BCUT2D eigenvalue weighted by Crippen LogP contribution is -2.23. The first-order chi connectivity index (χ1) is 12.8. The number of esters is 1. The van der Waals surface area contributed by atoms with Crippen molar-refractivity contribution in [2.75, 3.05) is 14.1 Å². The van der Waals surface area contributed by atoms with Gasteiger partial charge < -0.3 is 14.0 Å². The third-order valence-electron chi connectivity index (χ3n) is 3.82. The number of benzene rings is 1. The Morgan fingerprint density at radius 1 is 1.33 bits per heavy atom. The summed E-state index contributed by atoms with van der Waals surface area (Å²) in [6.07, 6.45) is -0.816. The molecule has 1 atom stereocenters. The van der Waals surface area contributed by atoms with Gasteiger partial charge in [-0.15, -0.1) is 0 Å². The fourth-order valence-corrected chi connectivity index (χ4v) is 3.14. The van der Waals surface area contributed by atoms with Crippen LogP contribution in [0, 0.1) is 5.82 Å². The summed E-state index contributed by atoms with van der Waals surface area (Å²) in [5.74, 6) is -0.922. The Morgan fingerprint density at radius 2 is 2.11 bits per heavy atom. The highest BCUT2D eigenvalue weighted by Crippen LogP contribution is 2.20. The van der Waals surface area contributed by atoms with Gasteiger partial charge in [0.2, 0.25) is 11.2 Å². The van der Waals surface area contributed by atoms with Crippen LogP contribution in [0.4, 0.5) is 4.39 Å². The van der Waals surface area contributed by atoms with E-state index in [4.69, 9.17) is 14.0 Å². The number of halogens is 1. The summed E-state index contributed by atoms with van der Waals surface area (Å²) in [5.41, 5.74) is 0.962. The van der Waals surface area contributed by atoms with Gasteiger partial charge in [0.1, 0.15) is 18.2 Å². The SMILES string of the molecule is CN(C)S(=O)(=O)c1ccc(COC(=O)C2CC(c3cccc(F)c3)=NO2)o1. The molecule has 2 heterocycles. The molecule has 0 amide bonds. The van der Waals surface area contributed by atoms with Gasteiger partial charge in [-0.05, 0) is 24.3 Å². The zero-order valence-electron chi connectivity index (χ0n) is 14.6. The first-order valence-corrected chi connectivity index (χ1v) is 9.38. The van der Waals surface area contributed by atoms with Crippen LogP contribution in [-0.2, 0) is 31.0 Å². The predicted octanol–water partition coefficient (Wildman–Crippen LogP) is 1.91. The molecule has 144 valence electrons. The van der Waals surface area contributed by atoms with E-state index in [1.807, 2.05) is 0 Å². The molecule has 8 nitrogen and oxygen atoms in total. The first-order valence-electron chi connectivity index (χ1n) is 7.94. The van der Waals surface area contributed by atoms with Crippen LogP contribution in [0.2, 0.25) is 0 Å². The van der Waals surface area contributed by atoms with E-state index >= 15 is 0 Å². The summed E-state index contributed by atoms with van der Waals surface area (Å²) in [4.78, 5) is 17.2. The van der Waals surface area contributed by atoms with E-state index in [1.165, 1.54) is 44.4 Å². The van der Waals surface area contributed by atoms with E-state index in [0.717, 1.165) is 4.31 Å². The quantitative estimate of drug-likeness (QED) is 0.692. The van der Waals surface area contributed by atoms with Crippen molar-refractivity contribution in [2.24, 2.45) is 5.16 Å². The van der Waals surface area contributed by atoms with Crippen LogP contribution >= 0.6 is 0 Å². The van der Waals surface area contributed by atoms with Crippen LogP contribution in [0.25, 0.3) is 0 Å². The molecule has 0 aliphatic carbocycles. The molecule has 10 heteroatoms. The monoisotopic (exact) mass is 396 g/mol. The van der Waals surface area contributed by atoms with Crippen molar-refractivity contribution in [1.29, 1.82) is 0 Å². The first kappa shape index (κ1) is 19.1. The normalized spacial score (nSPS) is 16.9. The third-order valence-corrected chi connectivity index (χ3v) is 5.51. The molecule has 0 radical (unpaired) electrons. The average Bonchev–Trinajstić information content (AvgIpc) is 3.29. The number of nitrogens with zero attached hydrogens (tertiary/aromatic N) is 2. The lowest BCUT2D eigenvalue weighted by atomic mass is 10.1. The summed E-state index contributed by atoms with van der Waals surface area (Å²) >= 11 is 0. The van der Waals surface area contributed by atoms with Crippen LogP contribution in [0.15, 0.2) is 51.1 Å². The van der Waals surface area contributed by atoms with E-state index in [1.54, 1.807) is 6.07 Å². The number of ether oxygens (including phenoxy) is 1. The summed E-state index contributed by atoms with van der Waals surface area (Å²) in [6, 6.07) is 8.50. The van der Waals surface area contributed by atoms with Crippen LogP contribution in [0.3, 0.4) is 0 Å². The minimum absolute atomic E-state index is 0.140. The number of rotatable bonds is 6. The average molecular weight is 396 g/mol. The van der Waals surface area contributed by atoms with Gasteiger partial charge >= 0.3 is 5.97 Å². The molecule has 1 unspecified atom stereocenters. The summed E-state index contributed by atoms with van der Waals surface area (Å²) in [5, 5.41) is 3.56. The Balaban J connectivity index is 1.56. The zero-order chi connectivity index (χ0) is 19.6. The van der Waals surface area contributed by atoms with E-state index in [9.17, 15) is 17.6 Å². The van der Waals surface area contributed by atoms with E-state index in [-0.39, 0.29) is 23.9 Å². The summed E-state index contributed by atoms with van der Waals surface area (Å²) in [7, 11) is -0.939. The standard InChI is InChI=1S/C17H17FN2O6S/c1-20(2)27(22,23)16-7-6-13(25-16)10-24-17(21)15-9-14(19-26-15)11-4-3-5-12(18)8-11/h3-8,15H,9-10H2,1-2H3. The number of furan rings is 1.